The fourth-order valence-corrected chi connectivity index (χ4v) is 4.89. The van der Waals surface area contributed by atoms with Gasteiger partial charge in [0.2, 0.25) is 0 Å². The molecule has 2 atom stereocenters. The van der Waals surface area contributed by atoms with Crippen LogP contribution < -0.4 is 10.2 Å². The van der Waals surface area contributed by atoms with Gasteiger partial charge in [-0.3, -0.25) is 0 Å². The highest BCUT2D eigenvalue weighted by atomic mass is 35.5. The summed E-state index contributed by atoms with van der Waals surface area (Å²) in [4.78, 5) is 4.75. The lowest BCUT2D eigenvalue weighted by molar-refractivity contribution is 0.402. The molecule has 1 saturated heterocycles. The summed E-state index contributed by atoms with van der Waals surface area (Å²) in [7, 11) is 4.24. The number of nitrogens with one attached hydrogen (secondary N) is 1. The number of rotatable bonds is 9. The third-order valence-corrected chi connectivity index (χ3v) is 6.58. The zero-order valence-electron chi connectivity index (χ0n) is 19.2. The van der Waals surface area contributed by atoms with E-state index >= 15 is 0 Å². The van der Waals surface area contributed by atoms with E-state index in [-0.39, 0.29) is 0 Å². The number of benzene rings is 3. The number of hydrogen-bond donors (Lipinski definition) is 1. The summed E-state index contributed by atoms with van der Waals surface area (Å²) >= 11 is 6.20. The highest BCUT2D eigenvalue weighted by molar-refractivity contribution is 6.30. The predicted molar refractivity (Wildman–Crippen MR) is 136 cm³/mol. The van der Waals surface area contributed by atoms with Crippen molar-refractivity contribution in [1.29, 1.82) is 0 Å². The molecule has 3 nitrogen and oxygen atoms in total. The predicted octanol–water partition coefficient (Wildman–Crippen LogP) is 5.49. The second-order valence-electron chi connectivity index (χ2n) is 9.28. The molecule has 1 aliphatic heterocycles. The van der Waals surface area contributed by atoms with Gasteiger partial charge < -0.3 is 15.1 Å². The van der Waals surface area contributed by atoms with Crippen LogP contribution in [0, 0.1) is 11.8 Å². The summed E-state index contributed by atoms with van der Waals surface area (Å²) in [6.07, 6.45) is 1.13. The molecule has 3 aromatic carbocycles. The Kier molecular flexibility index (Phi) is 7.85. The molecule has 32 heavy (non-hydrogen) atoms. The van der Waals surface area contributed by atoms with Crippen molar-refractivity contribution in [3.8, 4) is 0 Å². The van der Waals surface area contributed by atoms with Gasteiger partial charge in [-0.05, 0) is 86.4 Å². The first-order chi connectivity index (χ1) is 15.6. The Morgan fingerprint density at radius 2 is 1.44 bits per heavy atom. The van der Waals surface area contributed by atoms with E-state index < -0.39 is 0 Å². The van der Waals surface area contributed by atoms with Gasteiger partial charge in [0.15, 0.2) is 0 Å². The van der Waals surface area contributed by atoms with Gasteiger partial charge in [0.25, 0.3) is 0 Å². The van der Waals surface area contributed by atoms with Crippen LogP contribution in [0.1, 0.15) is 16.7 Å². The number of anilines is 1. The van der Waals surface area contributed by atoms with Crippen molar-refractivity contribution in [2.24, 2.45) is 11.8 Å². The molecule has 1 aliphatic rings. The number of hydrogen-bond acceptors (Lipinski definition) is 3. The van der Waals surface area contributed by atoms with Crippen molar-refractivity contribution in [2.45, 2.75) is 19.5 Å². The molecule has 2 unspecified atom stereocenters. The van der Waals surface area contributed by atoms with Gasteiger partial charge >= 0.3 is 0 Å². The fraction of sp³-hybridized carbons (Fsp3) is 0.357. The monoisotopic (exact) mass is 447 g/mol. The van der Waals surface area contributed by atoms with Gasteiger partial charge in [0.1, 0.15) is 0 Å². The van der Waals surface area contributed by atoms with Crippen LogP contribution in [0.4, 0.5) is 5.69 Å². The first-order valence-corrected chi connectivity index (χ1v) is 11.9. The minimum Gasteiger partial charge on any atom is -0.367 e. The summed E-state index contributed by atoms with van der Waals surface area (Å²) in [6, 6.07) is 28.2. The van der Waals surface area contributed by atoms with Gasteiger partial charge in [-0.15, -0.1) is 0 Å². The van der Waals surface area contributed by atoms with Crippen LogP contribution in [0.2, 0.25) is 5.02 Å². The summed E-state index contributed by atoms with van der Waals surface area (Å²) in [5.74, 6) is 1.25. The first kappa shape index (κ1) is 22.8. The van der Waals surface area contributed by atoms with Crippen molar-refractivity contribution in [1.82, 2.24) is 10.2 Å². The van der Waals surface area contributed by atoms with Crippen molar-refractivity contribution in [3.63, 3.8) is 0 Å². The molecule has 0 spiro atoms. The zero-order valence-corrected chi connectivity index (χ0v) is 19.9. The van der Waals surface area contributed by atoms with Crippen LogP contribution in [-0.4, -0.2) is 38.6 Å². The second kappa shape index (κ2) is 11.0. The third kappa shape index (κ3) is 6.35. The molecule has 0 radical (unpaired) electrons. The smallest absolute Gasteiger partial charge is 0.0429 e. The Balaban J connectivity index is 1.52. The minimum absolute atomic E-state index is 0.607. The van der Waals surface area contributed by atoms with Gasteiger partial charge in [-0.1, -0.05) is 66.2 Å². The lowest BCUT2D eigenvalue weighted by atomic mass is 9.89. The Hall–Kier alpha value is -2.33. The molecule has 4 heteroatoms. The quantitative estimate of drug-likeness (QED) is 0.468. The van der Waals surface area contributed by atoms with Crippen molar-refractivity contribution in [3.05, 3.63) is 101 Å². The molecular weight excluding hydrogens is 414 g/mol. The molecular formula is C28H34ClN3. The van der Waals surface area contributed by atoms with Crippen LogP contribution in [0.25, 0.3) is 0 Å². The van der Waals surface area contributed by atoms with E-state index in [0.717, 1.165) is 44.2 Å². The minimum atomic E-state index is 0.607. The molecule has 0 aromatic heterocycles. The standard InChI is InChI=1S/C28H34ClN3/c1-31(2)19-23-9-6-10-24(15-23)20-32(28-13-11-27(29)12-14-28)21-26-18-30-17-25(26)16-22-7-4-3-5-8-22/h3-15,25-26,30H,16-21H2,1-2H3. The van der Waals surface area contributed by atoms with E-state index in [9.17, 15) is 0 Å². The maximum Gasteiger partial charge on any atom is 0.0429 e. The fourth-order valence-electron chi connectivity index (χ4n) is 4.76. The van der Waals surface area contributed by atoms with Crippen LogP contribution in [0.5, 0.6) is 0 Å². The van der Waals surface area contributed by atoms with Gasteiger partial charge in [-0.25, -0.2) is 0 Å². The van der Waals surface area contributed by atoms with Crippen LogP contribution in [0.15, 0.2) is 78.9 Å². The average molecular weight is 448 g/mol. The summed E-state index contributed by atoms with van der Waals surface area (Å²) in [6.45, 7) is 5.05. The highest BCUT2D eigenvalue weighted by Crippen LogP contribution is 2.27. The Bertz CT molecular complexity index is 971. The zero-order chi connectivity index (χ0) is 22.3. The molecule has 0 amide bonds. The van der Waals surface area contributed by atoms with Gasteiger partial charge in [0.05, 0.1) is 0 Å². The Morgan fingerprint density at radius 3 is 2.16 bits per heavy atom. The summed E-state index contributed by atoms with van der Waals surface area (Å²) in [5.41, 5.74) is 5.37. The SMILES string of the molecule is CN(C)Cc1cccc(CN(CC2CNCC2Cc2ccccc2)c2ccc(Cl)cc2)c1. The van der Waals surface area contributed by atoms with Crippen molar-refractivity contribution >= 4 is 17.3 Å². The van der Waals surface area contributed by atoms with Crippen LogP contribution in [0.3, 0.4) is 0 Å². The molecule has 0 saturated carbocycles. The highest BCUT2D eigenvalue weighted by Gasteiger charge is 2.29. The summed E-state index contributed by atoms with van der Waals surface area (Å²) < 4.78 is 0. The Labute approximate surface area is 198 Å². The molecule has 3 aromatic rings. The molecule has 1 heterocycles. The van der Waals surface area contributed by atoms with E-state index in [2.05, 4.69) is 95.9 Å². The van der Waals surface area contributed by atoms with E-state index in [1.54, 1.807) is 0 Å². The topological polar surface area (TPSA) is 18.5 Å². The molecule has 168 valence electrons. The van der Waals surface area contributed by atoms with Gasteiger partial charge in [0, 0.05) is 30.3 Å². The normalized spacial score (nSPS) is 18.2. The molecule has 0 aliphatic carbocycles. The molecule has 1 fully saturated rings. The van der Waals surface area contributed by atoms with Gasteiger partial charge in [-0.2, -0.15) is 0 Å². The molecule has 0 bridgehead atoms. The van der Waals surface area contributed by atoms with Crippen molar-refractivity contribution < 1.29 is 0 Å². The van der Waals surface area contributed by atoms with Crippen LogP contribution in [-0.2, 0) is 19.5 Å². The second-order valence-corrected chi connectivity index (χ2v) is 9.72. The first-order valence-electron chi connectivity index (χ1n) is 11.5. The molecule has 1 N–H and O–H groups in total. The maximum atomic E-state index is 6.20. The lowest BCUT2D eigenvalue weighted by Gasteiger charge is -2.30. The third-order valence-electron chi connectivity index (χ3n) is 6.33. The largest absolute Gasteiger partial charge is 0.367 e. The number of halogens is 1. The summed E-state index contributed by atoms with van der Waals surface area (Å²) in [5, 5.41) is 4.43. The molecule has 4 rings (SSSR count). The lowest BCUT2D eigenvalue weighted by Crippen LogP contribution is -2.33. The van der Waals surface area contributed by atoms with E-state index in [0.29, 0.717) is 11.8 Å². The van der Waals surface area contributed by atoms with E-state index in [1.807, 2.05) is 12.1 Å². The average Bonchev–Trinajstić information content (AvgIpc) is 3.21. The Morgan fingerprint density at radius 1 is 0.781 bits per heavy atom. The van der Waals surface area contributed by atoms with E-state index in [4.69, 9.17) is 11.6 Å². The van der Waals surface area contributed by atoms with Crippen LogP contribution >= 0.6 is 11.6 Å². The number of nitrogens with zero attached hydrogens (tertiary/aromatic N) is 2. The van der Waals surface area contributed by atoms with E-state index in [1.165, 1.54) is 22.4 Å². The van der Waals surface area contributed by atoms with Crippen molar-refractivity contribution in [2.75, 3.05) is 38.6 Å². The maximum absolute atomic E-state index is 6.20.